The third kappa shape index (κ3) is 5.70. The Hall–Kier alpha value is -3.19. The van der Waals surface area contributed by atoms with Crippen LogP contribution >= 0.6 is 22.6 Å². The Bertz CT molecular complexity index is 1150. The van der Waals surface area contributed by atoms with Gasteiger partial charge >= 0.3 is 5.91 Å². The van der Waals surface area contributed by atoms with Gasteiger partial charge in [0, 0.05) is 5.39 Å². The second-order valence-electron chi connectivity index (χ2n) is 6.20. The molecular weight excluding hydrogens is 511 g/mol. The molecule has 31 heavy (non-hydrogen) atoms. The number of terminal acetylenes is 1. The minimum atomic E-state index is -0.459. The van der Waals surface area contributed by atoms with Crippen molar-refractivity contribution in [1.82, 2.24) is 5.43 Å². The van der Waals surface area contributed by atoms with Crippen molar-refractivity contribution < 1.29 is 23.4 Å². The lowest BCUT2D eigenvalue weighted by atomic mass is 10.2. The molecule has 3 rings (SSSR count). The molecular formula is C23H21IN2O5. The van der Waals surface area contributed by atoms with E-state index in [1.807, 2.05) is 26.0 Å². The molecule has 1 amide bonds. The van der Waals surface area contributed by atoms with Crippen LogP contribution in [0.5, 0.6) is 17.2 Å². The molecule has 0 fully saturated rings. The number of furan rings is 1. The van der Waals surface area contributed by atoms with E-state index in [1.165, 1.54) is 6.21 Å². The second-order valence-corrected chi connectivity index (χ2v) is 7.36. The number of amides is 1. The molecule has 1 heterocycles. The summed E-state index contributed by atoms with van der Waals surface area (Å²) in [6, 6.07) is 10.6. The largest absolute Gasteiger partial charge is 0.494 e. The summed E-state index contributed by atoms with van der Waals surface area (Å²) in [5.74, 6) is 3.99. The van der Waals surface area contributed by atoms with Gasteiger partial charge in [-0.15, -0.1) is 6.42 Å². The zero-order valence-corrected chi connectivity index (χ0v) is 19.3. The van der Waals surface area contributed by atoms with Gasteiger partial charge in [0.2, 0.25) is 0 Å². The Morgan fingerprint density at radius 3 is 2.74 bits per heavy atom. The first kappa shape index (κ1) is 22.5. The number of carbonyl (C=O) groups excluding carboxylic acids is 1. The van der Waals surface area contributed by atoms with E-state index in [2.05, 4.69) is 39.0 Å². The SMILES string of the molecule is C#CCOc1c(I)cc(/C=N\NC(=O)c2cc3cc(OCC)ccc3o2)cc1OCC. The first-order valence-electron chi connectivity index (χ1n) is 9.58. The molecule has 0 bridgehead atoms. The Balaban J connectivity index is 1.73. The lowest BCUT2D eigenvalue weighted by Crippen LogP contribution is -2.16. The quantitative estimate of drug-likeness (QED) is 0.189. The fraction of sp³-hybridized carbons (Fsp3) is 0.217. The van der Waals surface area contributed by atoms with Crippen LogP contribution < -0.4 is 19.6 Å². The van der Waals surface area contributed by atoms with Crippen molar-refractivity contribution >= 4 is 45.7 Å². The van der Waals surface area contributed by atoms with Crippen LogP contribution in [0, 0.1) is 15.9 Å². The fourth-order valence-corrected chi connectivity index (χ4v) is 3.57. The van der Waals surface area contributed by atoms with Crippen LogP contribution in [-0.4, -0.2) is 31.9 Å². The van der Waals surface area contributed by atoms with Crippen LogP contribution in [0.1, 0.15) is 30.0 Å². The van der Waals surface area contributed by atoms with Crippen molar-refractivity contribution in [3.8, 4) is 29.6 Å². The van der Waals surface area contributed by atoms with Crippen LogP contribution in [0.25, 0.3) is 11.0 Å². The first-order valence-corrected chi connectivity index (χ1v) is 10.7. The van der Waals surface area contributed by atoms with Gasteiger partial charge in [-0.2, -0.15) is 5.10 Å². The van der Waals surface area contributed by atoms with E-state index in [-0.39, 0.29) is 12.4 Å². The summed E-state index contributed by atoms with van der Waals surface area (Å²) in [7, 11) is 0. The van der Waals surface area contributed by atoms with Crippen molar-refractivity contribution in [3.63, 3.8) is 0 Å². The summed E-state index contributed by atoms with van der Waals surface area (Å²) in [6.07, 6.45) is 6.79. The molecule has 0 radical (unpaired) electrons. The molecule has 0 spiro atoms. The zero-order valence-electron chi connectivity index (χ0n) is 17.1. The van der Waals surface area contributed by atoms with Crippen molar-refractivity contribution in [2.24, 2.45) is 5.10 Å². The molecule has 8 heteroatoms. The minimum Gasteiger partial charge on any atom is -0.494 e. The topological polar surface area (TPSA) is 82.3 Å². The summed E-state index contributed by atoms with van der Waals surface area (Å²) >= 11 is 2.13. The lowest BCUT2D eigenvalue weighted by molar-refractivity contribution is 0.0929. The number of hydrogen-bond acceptors (Lipinski definition) is 6. The van der Waals surface area contributed by atoms with Crippen LogP contribution in [-0.2, 0) is 0 Å². The van der Waals surface area contributed by atoms with Gasteiger partial charge in [0.05, 0.1) is 23.0 Å². The monoisotopic (exact) mass is 532 g/mol. The van der Waals surface area contributed by atoms with Crippen LogP contribution in [0.3, 0.4) is 0 Å². The lowest BCUT2D eigenvalue weighted by Gasteiger charge is -2.13. The molecule has 0 saturated heterocycles. The average molecular weight is 532 g/mol. The third-order valence-electron chi connectivity index (χ3n) is 4.03. The molecule has 2 aromatic carbocycles. The molecule has 3 aromatic rings. The van der Waals surface area contributed by atoms with Crippen molar-refractivity contribution in [3.05, 3.63) is 51.3 Å². The molecule has 0 aliphatic heterocycles. The Labute approximate surface area is 193 Å². The Morgan fingerprint density at radius 1 is 1.19 bits per heavy atom. The van der Waals surface area contributed by atoms with Gasteiger partial charge in [-0.1, -0.05) is 5.92 Å². The van der Waals surface area contributed by atoms with Crippen molar-refractivity contribution in [2.45, 2.75) is 13.8 Å². The normalized spacial score (nSPS) is 10.8. The highest BCUT2D eigenvalue weighted by Gasteiger charge is 2.13. The molecule has 1 N–H and O–H groups in total. The number of ether oxygens (including phenoxy) is 3. The highest BCUT2D eigenvalue weighted by Crippen LogP contribution is 2.34. The Morgan fingerprint density at radius 2 is 2.00 bits per heavy atom. The number of benzene rings is 2. The molecule has 0 aliphatic rings. The number of carbonyl (C=O) groups is 1. The van der Waals surface area contributed by atoms with Crippen LogP contribution in [0.2, 0.25) is 0 Å². The maximum atomic E-state index is 12.4. The zero-order chi connectivity index (χ0) is 22.2. The van der Waals surface area contributed by atoms with Crippen molar-refractivity contribution in [1.29, 1.82) is 0 Å². The van der Waals surface area contributed by atoms with Crippen LogP contribution in [0.4, 0.5) is 0 Å². The predicted octanol–water partition coefficient (Wildman–Crippen LogP) is 4.61. The minimum absolute atomic E-state index is 0.142. The fourth-order valence-electron chi connectivity index (χ4n) is 2.79. The second kappa shape index (κ2) is 10.7. The molecule has 0 saturated carbocycles. The maximum Gasteiger partial charge on any atom is 0.307 e. The van der Waals surface area contributed by atoms with E-state index in [0.717, 1.165) is 20.3 Å². The van der Waals surface area contributed by atoms with E-state index >= 15 is 0 Å². The summed E-state index contributed by atoms with van der Waals surface area (Å²) < 4.78 is 23.1. The van der Waals surface area contributed by atoms with Gasteiger partial charge in [0.25, 0.3) is 0 Å². The molecule has 0 aliphatic carbocycles. The number of halogens is 1. The van der Waals surface area contributed by atoms with Gasteiger partial charge in [0.1, 0.15) is 17.9 Å². The van der Waals surface area contributed by atoms with Gasteiger partial charge in [-0.25, -0.2) is 5.43 Å². The van der Waals surface area contributed by atoms with Gasteiger partial charge in [-0.3, -0.25) is 4.79 Å². The molecule has 1 aromatic heterocycles. The highest BCUT2D eigenvalue weighted by atomic mass is 127. The average Bonchev–Trinajstić information content (AvgIpc) is 3.17. The third-order valence-corrected chi connectivity index (χ3v) is 4.84. The molecule has 7 nitrogen and oxygen atoms in total. The van der Waals surface area contributed by atoms with Gasteiger partial charge in [-0.05, 0) is 78.4 Å². The van der Waals surface area contributed by atoms with E-state index in [1.54, 1.807) is 24.3 Å². The number of hydrazone groups is 1. The summed E-state index contributed by atoms with van der Waals surface area (Å²) in [6.45, 7) is 4.96. The summed E-state index contributed by atoms with van der Waals surface area (Å²) in [5, 5.41) is 4.80. The summed E-state index contributed by atoms with van der Waals surface area (Å²) in [4.78, 5) is 12.4. The van der Waals surface area contributed by atoms with Gasteiger partial charge in [0.15, 0.2) is 17.3 Å². The van der Waals surface area contributed by atoms with E-state index in [0.29, 0.717) is 30.3 Å². The maximum absolute atomic E-state index is 12.4. The van der Waals surface area contributed by atoms with Crippen LogP contribution in [0.15, 0.2) is 45.9 Å². The molecule has 160 valence electrons. The first-order chi connectivity index (χ1) is 15.0. The number of hydrogen-bond donors (Lipinski definition) is 1. The molecule has 0 atom stereocenters. The standard InChI is InChI=1S/C23H21IN2O5/c1-4-9-30-22-18(24)10-15(11-20(22)29-6-3)14-25-26-23(27)21-13-16-12-17(28-5-2)7-8-19(16)31-21/h1,7-8,10-14H,5-6,9H2,2-3H3,(H,26,27)/b25-14-. The number of nitrogens with one attached hydrogen (secondary N) is 1. The smallest absolute Gasteiger partial charge is 0.307 e. The van der Waals surface area contributed by atoms with Crippen molar-refractivity contribution in [2.75, 3.05) is 19.8 Å². The molecule has 0 unspecified atom stereocenters. The van der Waals surface area contributed by atoms with E-state index in [4.69, 9.17) is 25.1 Å². The van der Waals surface area contributed by atoms with Gasteiger partial charge < -0.3 is 18.6 Å². The number of fused-ring (bicyclic) bond motifs is 1. The number of nitrogens with zero attached hydrogens (tertiary/aromatic N) is 1. The predicted molar refractivity (Wildman–Crippen MR) is 127 cm³/mol. The summed E-state index contributed by atoms with van der Waals surface area (Å²) in [5.41, 5.74) is 3.79. The Kier molecular flexibility index (Phi) is 7.78. The highest BCUT2D eigenvalue weighted by molar-refractivity contribution is 14.1. The number of rotatable bonds is 9. The van der Waals surface area contributed by atoms with E-state index < -0.39 is 5.91 Å². The van der Waals surface area contributed by atoms with E-state index in [9.17, 15) is 4.79 Å².